The quantitative estimate of drug-likeness (QED) is 0.805. The summed E-state index contributed by atoms with van der Waals surface area (Å²) in [6.45, 7) is 2.28. The molecule has 0 N–H and O–H groups in total. The fraction of sp³-hybridized carbons (Fsp3) is 0.500. The van der Waals surface area contributed by atoms with Crippen LogP contribution in [0.1, 0.15) is 44.9 Å². The Morgan fingerprint density at radius 2 is 1.92 bits per heavy atom. The van der Waals surface area contributed by atoms with E-state index in [1.165, 1.54) is 25.0 Å². The highest BCUT2D eigenvalue weighted by molar-refractivity contribution is 5.76. The minimum absolute atomic E-state index is 0.140. The van der Waals surface area contributed by atoms with Crippen LogP contribution in [0.4, 0.5) is 4.39 Å². The normalized spacial score (nSPS) is 20.4. The zero-order valence-electron chi connectivity index (χ0n) is 14.9. The van der Waals surface area contributed by atoms with Crippen LogP contribution in [0.5, 0.6) is 0 Å². The van der Waals surface area contributed by atoms with Crippen LogP contribution in [-0.4, -0.2) is 28.9 Å². The van der Waals surface area contributed by atoms with E-state index in [2.05, 4.69) is 11.9 Å². The lowest BCUT2D eigenvalue weighted by Gasteiger charge is -2.33. The summed E-state index contributed by atoms with van der Waals surface area (Å²) < 4.78 is 18.7. The fourth-order valence-corrected chi connectivity index (χ4v) is 3.40. The van der Waals surface area contributed by atoms with Crippen molar-refractivity contribution in [3.8, 4) is 11.3 Å². The van der Waals surface area contributed by atoms with E-state index in [-0.39, 0.29) is 11.7 Å². The molecule has 1 aliphatic carbocycles. The van der Waals surface area contributed by atoms with E-state index in [9.17, 15) is 9.18 Å². The number of oxazole rings is 1. The number of aryl methyl sites for hydroxylation is 1. The molecule has 1 aromatic carbocycles. The Hall–Kier alpha value is -2.17. The summed E-state index contributed by atoms with van der Waals surface area (Å²) in [7, 11) is 1.91. The lowest BCUT2D eigenvalue weighted by molar-refractivity contribution is -0.132. The van der Waals surface area contributed by atoms with Gasteiger partial charge in [-0.2, -0.15) is 0 Å². The molecule has 1 saturated carbocycles. The number of rotatable bonds is 5. The smallest absolute Gasteiger partial charge is 0.223 e. The van der Waals surface area contributed by atoms with E-state index in [1.807, 2.05) is 11.9 Å². The zero-order chi connectivity index (χ0) is 17.8. The first-order chi connectivity index (χ1) is 12.0. The van der Waals surface area contributed by atoms with E-state index in [4.69, 9.17) is 4.42 Å². The molecule has 3 rings (SSSR count). The number of amides is 1. The molecule has 0 radical (unpaired) electrons. The number of aromatic nitrogens is 1. The molecule has 1 heterocycles. The van der Waals surface area contributed by atoms with Crippen molar-refractivity contribution in [3.63, 3.8) is 0 Å². The number of hydrogen-bond acceptors (Lipinski definition) is 3. The van der Waals surface area contributed by atoms with Crippen LogP contribution in [0.15, 0.2) is 34.9 Å². The van der Waals surface area contributed by atoms with Crippen LogP contribution in [0.2, 0.25) is 0 Å². The molecule has 0 saturated heterocycles. The Kier molecular flexibility index (Phi) is 5.51. The van der Waals surface area contributed by atoms with Crippen molar-refractivity contribution in [1.82, 2.24) is 9.88 Å². The number of halogens is 1. The Morgan fingerprint density at radius 3 is 2.60 bits per heavy atom. The maximum Gasteiger partial charge on any atom is 0.223 e. The average molecular weight is 344 g/mol. The van der Waals surface area contributed by atoms with Crippen molar-refractivity contribution in [1.29, 1.82) is 0 Å². The van der Waals surface area contributed by atoms with E-state index in [0.29, 0.717) is 30.5 Å². The second kappa shape index (κ2) is 7.81. The number of benzene rings is 1. The van der Waals surface area contributed by atoms with Crippen molar-refractivity contribution in [2.45, 2.75) is 51.5 Å². The SMILES string of the molecule is CC1CCC(N(C)C(=O)CCc2ncc(-c3ccc(F)cc3)o2)CC1. The number of carbonyl (C=O) groups excluding carboxylic acids is 1. The Morgan fingerprint density at radius 1 is 1.24 bits per heavy atom. The van der Waals surface area contributed by atoms with Gasteiger partial charge in [0.15, 0.2) is 11.7 Å². The molecular formula is C20H25FN2O2. The van der Waals surface area contributed by atoms with Gasteiger partial charge in [-0.15, -0.1) is 0 Å². The van der Waals surface area contributed by atoms with Gasteiger partial charge in [0, 0.05) is 31.5 Å². The molecule has 5 heteroatoms. The maximum atomic E-state index is 13.0. The standard InChI is InChI=1S/C20H25FN2O2/c1-14-3-9-17(10-4-14)23(2)20(24)12-11-19-22-13-18(25-19)15-5-7-16(21)8-6-15/h5-8,13-14,17H,3-4,9-12H2,1-2H3. The van der Waals surface area contributed by atoms with Crippen LogP contribution >= 0.6 is 0 Å². The molecule has 0 bridgehead atoms. The predicted molar refractivity (Wildman–Crippen MR) is 94.4 cm³/mol. The van der Waals surface area contributed by atoms with Crippen LogP contribution < -0.4 is 0 Å². The third kappa shape index (κ3) is 4.47. The third-order valence-corrected chi connectivity index (χ3v) is 5.16. The molecule has 1 fully saturated rings. The molecule has 0 atom stereocenters. The summed E-state index contributed by atoms with van der Waals surface area (Å²) in [5.41, 5.74) is 0.778. The highest BCUT2D eigenvalue weighted by Gasteiger charge is 2.24. The highest BCUT2D eigenvalue weighted by Crippen LogP contribution is 2.27. The molecule has 134 valence electrons. The molecule has 0 spiro atoms. The first kappa shape index (κ1) is 17.6. The van der Waals surface area contributed by atoms with Gasteiger partial charge in [-0.1, -0.05) is 6.92 Å². The lowest BCUT2D eigenvalue weighted by atomic mass is 9.86. The molecular weight excluding hydrogens is 319 g/mol. The van der Waals surface area contributed by atoms with Crippen LogP contribution in [-0.2, 0) is 11.2 Å². The zero-order valence-corrected chi connectivity index (χ0v) is 14.9. The third-order valence-electron chi connectivity index (χ3n) is 5.16. The minimum atomic E-state index is -0.283. The van der Waals surface area contributed by atoms with Gasteiger partial charge in [0.05, 0.1) is 6.20 Å². The summed E-state index contributed by atoms with van der Waals surface area (Å²) in [5.74, 6) is 1.77. The molecule has 1 amide bonds. The monoisotopic (exact) mass is 344 g/mol. The van der Waals surface area contributed by atoms with Crippen LogP contribution in [0.25, 0.3) is 11.3 Å². The van der Waals surface area contributed by atoms with Gasteiger partial charge in [-0.05, 0) is 55.9 Å². The molecule has 1 aliphatic rings. The van der Waals surface area contributed by atoms with Gasteiger partial charge < -0.3 is 9.32 Å². The predicted octanol–water partition coefficient (Wildman–Crippen LogP) is 4.45. The molecule has 0 aliphatic heterocycles. The van der Waals surface area contributed by atoms with E-state index >= 15 is 0 Å². The van der Waals surface area contributed by atoms with Gasteiger partial charge >= 0.3 is 0 Å². The lowest BCUT2D eigenvalue weighted by Crippen LogP contribution is -2.39. The summed E-state index contributed by atoms with van der Waals surface area (Å²) in [6.07, 6.45) is 7.08. The summed E-state index contributed by atoms with van der Waals surface area (Å²) >= 11 is 0. The number of nitrogens with zero attached hydrogens (tertiary/aromatic N) is 2. The second-order valence-corrected chi connectivity index (χ2v) is 7.04. The van der Waals surface area contributed by atoms with E-state index < -0.39 is 0 Å². The molecule has 4 nitrogen and oxygen atoms in total. The molecule has 1 aromatic heterocycles. The summed E-state index contributed by atoms with van der Waals surface area (Å²) in [6, 6.07) is 6.45. The first-order valence-electron chi connectivity index (χ1n) is 8.99. The van der Waals surface area contributed by atoms with Gasteiger partial charge in [-0.3, -0.25) is 4.79 Å². The van der Waals surface area contributed by atoms with E-state index in [0.717, 1.165) is 24.3 Å². The van der Waals surface area contributed by atoms with Gasteiger partial charge in [0.1, 0.15) is 5.82 Å². The maximum absolute atomic E-state index is 13.0. The van der Waals surface area contributed by atoms with Gasteiger partial charge in [0.25, 0.3) is 0 Å². The van der Waals surface area contributed by atoms with Gasteiger partial charge in [-0.25, -0.2) is 9.37 Å². The van der Waals surface area contributed by atoms with Crippen molar-refractivity contribution in [2.24, 2.45) is 5.92 Å². The first-order valence-corrected chi connectivity index (χ1v) is 8.99. The molecule has 25 heavy (non-hydrogen) atoms. The van der Waals surface area contributed by atoms with Crippen LogP contribution in [0.3, 0.4) is 0 Å². The Labute approximate surface area is 148 Å². The minimum Gasteiger partial charge on any atom is -0.441 e. The van der Waals surface area contributed by atoms with Crippen molar-refractivity contribution in [3.05, 3.63) is 42.2 Å². The number of carbonyl (C=O) groups is 1. The largest absolute Gasteiger partial charge is 0.441 e. The second-order valence-electron chi connectivity index (χ2n) is 7.04. The van der Waals surface area contributed by atoms with E-state index in [1.54, 1.807) is 18.3 Å². The van der Waals surface area contributed by atoms with Crippen LogP contribution in [0, 0.1) is 11.7 Å². The summed E-state index contributed by atoms with van der Waals surface area (Å²) in [4.78, 5) is 18.6. The van der Waals surface area contributed by atoms with Crippen molar-refractivity contribution >= 4 is 5.91 Å². The number of hydrogen-bond donors (Lipinski definition) is 0. The molecule has 2 aromatic rings. The summed E-state index contributed by atoms with van der Waals surface area (Å²) in [5, 5.41) is 0. The fourth-order valence-electron chi connectivity index (χ4n) is 3.40. The van der Waals surface area contributed by atoms with Gasteiger partial charge in [0.2, 0.25) is 5.91 Å². The Balaban J connectivity index is 1.53. The van der Waals surface area contributed by atoms with Crippen molar-refractivity contribution < 1.29 is 13.6 Å². The highest BCUT2D eigenvalue weighted by atomic mass is 19.1. The topological polar surface area (TPSA) is 46.3 Å². The van der Waals surface area contributed by atoms with Crippen molar-refractivity contribution in [2.75, 3.05) is 7.05 Å². The Bertz CT molecular complexity index is 703. The average Bonchev–Trinajstić information content (AvgIpc) is 3.09. The molecule has 0 unspecified atom stereocenters.